The van der Waals surface area contributed by atoms with Gasteiger partial charge in [0, 0.05) is 26.9 Å². The van der Waals surface area contributed by atoms with Crippen LogP contribution in [0.25, 0.3) is 6.08 Å². The number of nitrogens with zero attached hydrogens (tertiary/aromatic N) is 3. The highest BCUT2D eigenvalue weighted by molar-refractivity contribution is 9.10. The number of amides is 1. The zero-order valence-corrected chi connectivity index (χ0v) is 17.2. The Bertz CT molecular complexity index is 1060. The van der Waals surface area contributed by atoms with Gasteiger partial charge in [0.2, 0.25) is 0 Å². The molecule has 0 bridgehead atoms. The highest BCUT2D eigenvalue weighted by Crippen LogP contribution is 2.29. The molecule has 4 rings (SSSR count). The van der Waals surface area contributed by atoms with E-state index in [9.17, 15) is 4.79 Å². The average molecular weight is 483 g/mol. The Morgan fingerprint density at radius 1 is 0.889 bits per heavy atom. The lowest BCUT2D eigenvalue weighted by atomic mass is 10.1. The second-order valence-corrected chi connectivity index (χ2v) is 7.70. The molecule has 6 heteroatoms. The van der Waals surface area contributed by atoms with Crippen LogP contribution < -0.4 is 4.90 Å². The van der Waals surface area contributed by atoms with Gasteiger partial charge in [-0.3, -0.25) is 14.7 Å². The summed E-state index contributed by atoms with van der Waals surface area (Å²) in [7, 11) is 0. The van der Waals surface area contributed by atoms with Crippen LogP contribution in [0.5, 0.6) is 0 Å². The maximum Gasteiger partial charge on any atom is 0.282 e. The second kappa shape index (κ2) is 7.58. The summed E-state index contributed by atoms with van der Waals surface area (Å²) in [6.45, 7) is 0. The molecule has 27 heavy (non-hydrogen) atoms. The van der Waals surface area contributed by atoms with Gasteiger partial charge in [-0.25, -0.2) is 4.99 Å². The summed E-state index contributed by atoms with van der Waals surface area (Å²) in [6.07, 6.45) is 5.16. The lowest BCUT2D eigenvalue weighted by Gasteiger charge is -2.19. The minimum atomic E-state index is -0.164. The van der Waals surface area contributed by atoms with Gasteiger partial charge in [0.25, 0.3) is 5.91 Å². The van der Waals surface area contributed by atoms with Crippen LogP contribution in [0.2, 0.25) is 0 Å². The predicted octanol–water partition coefficient (Wildman–Crippen LogP) is 5.44. The van der Waals surface area contributed by atoms with Gasteiger partial charge in [-0.05, 0) is 54.1 Å². The van der Waals surface area contributed by atoms with E-state index in [-0.39, 0.29) is 5.91 Å². The van der Waals surface area contributed by atoms with E-state index in [2.05, 4.69) is 41.8 Å². The maximum atomic E-state index is 13.2. The van der Waals surface area contributed by atoms with E-state index in [1.165, 1.54) is 0 Å². The Morgan fingerprint density at radius 2 is 1.63 bits per heavy atom. The van der Waals surface area contributed by atoms with Gasteiger partial charge in [0.05, 0.1) is 5.69 Å². The first kappa shape index (κ1) is 17.8. The summed E-state index contributed by atoms with van der Waals surface area (Å²) in [6, 6.07) is 19.1. The minimum Gasteiger partial charge on any atom is -0.266 e. The van der Waals surface area contributed by atoms with Gasteiger partial charge in [-0.2, -0.15) is 0 Å². The Labute approximate surface area is 173 Å². The number of rotatable bonds is 3. The summed E-state index contributed by atoms with van der Waals surface area (Å²) >= 11 is 6.93. The normalized spacial score (nSPS) is 15.3. The number of anilines is 1. The van der Waals surface area contributed by atoms with Gasteiger partial charge in [0.15, 0.2) is 0 Å². The largest absolute Gasteiger partial charge is 0.282 e. The Balaban J connectivity index is 1.84. The lowest BCUT2D eigenvalue weighted by molar-refractivity contribution is -0.113. The van der Waals surface area contributed by atoms with E-state index in [0.717, 1.165) is 25.8 Å². The molecule has 4 nitrogen and oxygen atoms in total. The number of carbonyl (C=O) groups is 1. The number of hydrogen-bond donors (Lipinski definition) is 0. The topological polar surface area (TPSA) is 45.6 Å². The molecule has 0 saturated carbocycles. The van der Waals surface area contributed by atoms with Crippen LogP contribution in [0, 0.1) is 0 Å². The van der Waals surface area contributed by atoms with Gasteiger partial charge in [-0.15, -0.1) is 0 Å². The van der Waals surface area contributed by atoms with Gasteiger partial charge in [-0.1, -0.05) is 50.1 Å². The lowest BCUT2D eigenvalue weighted by Crippen LogP contribution is -2.32. The number of halogens is 2. The van der Waals surface area contributed by atoms with Crippen molar-refractivity contribution in [3.05, 3.63) is 98.8 Å². The molecule has 0 saturated heterocycles. The van der Waals surface area contributed by atoms with E-state index in [4.69, 9.17) is 0 Å². The van der Waals surface area contributed by atoms with Crippen molar-refractivity contribution in [2.24, 2.45) is 4.99 Å². The molecule has 0 aliphatic carbocycles. The highest BCUT2D eigenvalue weighted by atomic mass is 79.9. The van der Waals surface area contributed by atoms with Crippen LogP contribution in [-0.4, -0.2) is 16.7 Å². The van der Waals surface area contributed by atoms with Crippen LogP contribution in [0.1, 0.15) is 11.1 Å². The Kier molecular flexibility index (Phi) is 5.01. The zero-order chi connectivity index (χ0) is 18.8. The number of amidine groups is 1. The number of aromatic nitrogens is 1. The summed E-state index contributed by atoms with van der Waals surface area (Å²) in [4.78, 5) is 23.5. The SMILES string of the molecule is O=C1/C(=C\c2ccncc2)N=C(c2ccc(Br)cc2)N1c1cccc(Br)c1. The molecule has 0 fully saturated rings. The van der Waals surface area contributed by atoms with Gasteiger partial charge in [0.1, 0.15) is 11.5 Å². The van der Waals surface area contributed by atoms with Gasteiger partial charge >= 0.3 is 0 Å². The van der Waals surface area contributed by atoms with Crippen molar-refractivity contribution in [1.29, 1.82) is 0 Å². The molecule has 0 radical (unpaired) electrons. The van der Waals surface area contributed by atoms with E-state index < -0.39 is 0 Å². The molecule has 0 unspecified atom stereocenters. The maximum absolute atomic E-state index is 13.2. The van der Waals surface area contributed by atoms with Crippen molar-refractivity contribution in [1.82, 2.24) is 4.98 Å². The summed E-state index contributed by atoms with van der Waals surface area (Å²) in [5.41, 5.74) is 2.89. The van der Waals surface area contributed by atoms with Crippen molar-refractivity contribution in [2.75, 3.05) is 4.90 Å². The van der Waals surface area contributed by atoms with E-state index in [0.29, 0.717) is 11.5 Å². The molecule has 3 aromatic rings. The predicted molar refractivity (Wildman–Crippen MR) is 115 cm³/mol. The summed E-state index contributed by atoms with van der Waals surface area (Å²) in [5.74, 6) is 0.439. The Hall–Kier alpha value is -2.57. The van der Waals surface area contributed by atoms with Crippen molar-refractivity contribution < 1.29 is 4.79 Å². The number of pyridine rings is 1. The third-order valence-electron chi connectivity index (χ3n) is 4.04. The average Bonchev–Trinajstić information content (AvgIpc) is 2.99. The molecule has 132 valence electrons. The molecule has 1 aromatic heterocycles. The van der Waals surface area contributed by atoms with Crippen LogP contribution in [0.4, 0.5) is 5.69 Å². The smallest absolute Gasteiger partial charge is 0.266 e. The molecular weight excluding hydrogens is 470 g/mol. The van der Waals surface area contributed by atoms with Crippen molar-refractivity contribution in [2.45, 2.75) is 0 Å². The number of carbonyl (C=O) groups excluding carboxylic acids is 1. The molecule has 0 N–H and O–H groups in total. The molecule has 1 aliphatic heterocycles. The van der Waals surface area contributed by atoms with Crippen LogP contribution in [0.15, 0.2) is 92.7 Å². The highest BCUT2D eigenvalue weighted by Gasteiger charge is 2.32. The number of aliphatic imine (C=N–C) groups is 1. The van der Waals surface area contributed by atoms with E-state index in [1.54, 1.807) is 23.4 Å². The fourth-order valence-electron chi connectivity index (χ4n) is 2.78. The molecule has 0 atom stereocenters. The standard InChI is InChI=1S/C21H13Br2N3O/c22-16-6-4-15(5-7-16)20-25-19(12-14-8-10-24-11-9-14)21(27)26(20)18-3-1-2-17(23)13-18/h1-13H/b19-12+. The molecule has 2 aromatic carbocycles. The number of hydrogen-bond acceptors (Lipinski definition) is 3. The quantitative estimate of drug-likeness (QED) is 0.466. The monoisotopic (exact) mass is 481 g/mol. The second-order valence-electron chi connectivity index (χ2n) is 5.87. The fraction of sp³-hybridized carbons (Fsp3) is 0. The first-order valence-electron chi connectivity index (χ1n) is 8.18. The molecule has 1 amide bonds. The van der Waals surface area contributed by atoms with E-state index >= 15 is 0 Å². The molecular formula is C21H13Br2N3O. The third-order valence-corrected chi connectivity index (χ3v) is 5.06. The van der Waals surface area contributed by atoms with Crippen LogP contribution in [0.3, 0.4) is 0 Å². The van der Waals surface area contributed by atoms with Crippen LogP contribution >= 0.6 is 31.9 Å². The fourth-order valence-corrected chi connectivity index (χ4v) is 3.43. The van der Waals surface area contributed by atoms with Gasteiger partial charge < -0.3 is 0 Å². The van der Waals surface area contributed by atoms with Crippen molar-refractivity contribution in [3.8, 4) is 0 Å². The third kappa shape index (κ3) is 3.77. The molecule has 0 spiro atoms. The number of benzene rings is 2. The first-order valence-corrected chi connectivity index (χ1v) is 9.77. The van der Waals surface area contributed by atoms with E-state index in [1.807, 2.05) is 60.7 Å². The van der Waals surface area contributed by atoms with Crippen molar-refractivity contribution >= 4 is 55.4 Å². The molecule has 1 aliphatic rings. The van der Waals surface area contributed by atoms with Crippen LogP contribution in [-0.2, 0) is 4.79 Å². The first-order chi connectivity index (χ1) is 13.1. The summed E-state index contributed by atoms with van der Waals surface area (Å²) < 4.78 is 1.87. The Morgan fingerprint density at radius 3 is 2.33 bits per heavy atom. The summed E-state index contributed by atoms with van der Waals surface area (Å²) in [5, 5.41) is 0. The minimum absolute atomic E-state index is 0.164. The zero-order valence-electron chi connectivity index (χ0n) is 14.0. The van der Waals surface area contributed by atoms with Crippen molar-refractivity contribution in [3.63, 3.8) is 0 Å². The molecule has 2 heterocycles.